The Morgan fingerprint density at radius 1 is 1.47 bits per heavy atom. The van der Waals surface area contributed by atoms with Crippen molar-refractivity contribution in [2.24, 2.45) is 0 Å². The molecular formula is C13H19N3O2S. The van der Waals surface area contributed by atoms with Gasteiger partial charge in [-0.15, -0.1) is 11.3 Å². The van der Waals surface area contributed by atoms with E-state index in [1.807, 2.05) is 0 Å². The lowest BCUT2D eigenvalue weighted by molar-refractivity contribution is 0.0608. The molecule has 2 unspecified atom stereocenters. The molecule has 3 rings (SSSR count). The molecule has 5 nitrogen and oxygen atoms in total. The van der Waals surface area contributed by atoms with Gasteiger partial charge in [0, 0.05) is 18.1 Å². The maximum atomic E-state index is 11.1. The molecule has 3 heterocycles. The maximum absolute atomic E-state index is 11.1. The minimum Gasteiger partial charge on any atom is -0.476 e. The van der Waals surface area contributed by atoms with Crippen LogP contribution >= 0.6 is 11.3 Å². The molecule has 1 aromatic heterocycles. The number of rotatable bonds is 3. The smallest absolute Gasteiger partial charge is 0.357 e. The summed E-state index contributed by atoms with van der Waals surface area (Å²) in [6, 6.07) is 1.67. The maximum Gasteiger partial charge on any atom is 0.357 e. The SMILES string of the molecule is CN1C2CCCC1CC(Nc1scnc1C(=O)O)C2. The van der Waals surface area contributed by atoms with E-state index in [-0.39, 0.29) is 5.69 Å². The number of hydrogen-bond acceptors (Lipinski definition) is 5. The van der Waals surface area contributed by atoms with Crippen LogP contribution in [-0.2, 0) is 0 Å². The third-order valence-corrected chi connectivity index (χ3v) is 5.20. The lowest BCUT2D eigenvalue weighted by Crippen LogP contribution is -2.52. The second-order valence-corrected chi connectivity index (χ2v) is 6.41. The first-order valence-corrected chi connectivity index (χ1v) is 7.68. The van der Waals surface area contributed by atoms with Gasteiger partial charge in [-0.1, -0.05) is 6.42 Å². The summed E-state index contributed by atoms with van der Waals surface area (Å²) < 4.78 is 0. The van der Waals surface area contributed by atoms with Crippen LogP contribution in [0.25, 0.3) is 0 Å². The normalized spacial score (nSPS) is 31.1. The first-order valence-electron chi connectivity index (χ1n) is 6.80. The minimum absolute atomic E-state index is 0.161. The van der Waals surface area contributed by atoms with Crippen LogP contribution < -0.4 is 5.32 Å². The number of fused-ring (bicyclic) bond motifs is 2. The van der Waals surface area contributed by atoms with Crippen LogP contribution in [0.4, 0.5) is 5.00 Å². The topological polar surface area (TPSA) is 65.5 Å². The lowest BCUT2D eigenvalue weighted by atomic mass is 9.82. The number of aromatic nitrogens is 1. The summed E-state index contributed by atoms with van der Waals surface area (Å²) in [5, 5.41) is 13.2. The molecule has 2 bridgehead atoms. The quantitative estimate of drug-likeness (QED) is 0.889. The van der Waals surface area contributed by atoms with Crippen LogP contribution in [0.1, 0.15) is 42.6 Å². The van der Waals surface area contributed by atoms with E-state index in [9.17, 15) is 4.79 Å². The van der Waals surface area contributed by atoms with Crippen molar-refractivity contribution in [1.29, 1.82) is 0 Å². The van der Waals surface area contributed by atoms with Crippen LogP contribution in [0.5, 0.6) is 0 Å². The molecular weight excluding hydrogens is 262 g/mol. The van der Waals surface area contributed by atoms with Gasteiger partial charge in [-0.05, 0) is 32.7 Å². The van der Waals surface area contributed by atoms with Crippen molar-refractivity contribution in [1.82, 2.24) is 9.88 Å². The molecule has 2 saturated heterocycles. The van der Waals surface area contributed by atoms with Gasteiger partial charge in [0.1, 0.15) is 5.00 Å². The largest absolute Gasteiger partial charge is 0.476 e. The molecule has 0 aliphatic carbocycles. The fraction of sp³-hybridized carbons (Fsp3) is 0.692. The molecule has 19 heavy (non-hydrogen) atoms. The molecule has 0 spiro atoms. The van der Waals surface area contributed by atoms with Gasteiger partial charge in [-0.2, -0.15) is 0 Å². The van der Waals surface area contributed by atoms with Gasteiger partial charge in [0.05, 0.1) is 5.51 Å². The van der Waals surface area contributed by atoms with Gasteiger partial charge in [-0.3, -0.25) is 0 Å². The van der Waals surface area contributed by atoms with Crippen molar-refractivity contribution in [3.05, 3.63) is 11.2 Å². The second kappa shape index (κ2) is 5.09. The molecule has 2 N–H and O–H groups in total. The van der Waals surface area contributed by atoms with E-state index in [4.69, 9.17) is 5.11 Å². The Morgan fingerprint density at radius 3 is 2.79 bits per heavy atom. The molecule has 2 aliphatic heterocycles. The zero-order valence-electron chi connectivity index (χ0n) is 11.0. The monoisotopic (exact) mass is 281 g/mol. The molecule has 0 radical (unpaired) electrons. The first kappa shape index (κ1) is 12.9. The highest BCUT2D eigenvalue weighted by Gasteiger charge is 2.36. The van der Waals surface area contributed by atoms with Gasteiger partial charge >= 0.3 is 5.97 Å². The standard InChI is InChI=1S/C13H19N3O2S/c1-16-9-3-2-4-10(16)6-8(5-9)15-12-11(13(17)18)14-7-19-12/h7-10,15H,2-6H2,1H3,(H,17,18). The average Bonchev–Trinajstić information content (AvgIpc) is 2.78. The number of piperidine rings is 2. The Kier molecular flexibility index (Phi) is 3.45. The number of nitrogens with one attached hydrogen (secondary N) is 1. The van der Waals surface area contributed by atoms with E-state index in [0.717, 1.165) is 12.8 Å². The summed E-state index contributed by atoms with van der Waals surface area (Å²) in [6.07, 6.45) is 6.06. The summed E-state index contributed by atoms with van der Waals surface area (Å²) in [6.45, 7) is 0. The van der Waals surface area contributed by atoms with Crippen molar-refractivity contribution < 1.29 is 9.90 Å². The summed E-state index contributed by atoms with van der Waals surface area (Å²) in [7, 11) is 2.22. The highest BCUT2D eigenvalue weighted by Crippen LogP contribution is 2.34. The molecule has 2 aliphatic rings. The van der Waals surface area contributed by atoms with Gasteiger partial charge in [0.15, 0.2) is 5.69 Å². The molecule has 0 saturated carbocycles. The Bertz CT molecular complexity index is 462. The number of nitrogens with zero attached hydrogens (tertiary/aromatic N) is 2. The van der Waals surface area contributed by atoms with Gasteiger partial charge < -0.3 is 15.3 Å². The van der Waals surface area contributed by atoms with Crippen LogP contribution in [0.15, 0.2) is 5.51 Å². The third-order valence-electron chi connectivity index (χ3n) is 4.45. The second-order valence-electron chi connectivity index (χ2n) is 5.55. The predicted molar refractivity (Wildman–Crippen MR) is 74.9 cm³/mol. The fourth-order valence-corrected chi connectivity index (χ4v) is 4.17. The van der Waals surface area contributed by atoms with E-state index in [2.05, 4.69) is 22.2 Å². The highest BCUT2D eigenvalue weighted by atomic mass is 32.1. The third kappa shape index (κ3) is 2.47. The van der Waals surface area contributed by atoms with Crippen LogP contribution in [0.2, 0.25) is 0 Å². The van der Waals surface area contributed by atoms with E-state index < -0.39 is 5.97 Å². The molecule has 0 aromatic carbocycles. The molecule has 0 amide bonds. The van der Waals surface area contributed by atoms with Crippen LogP contribution in [0.3, 0.4) is 0 Å². The van der Waals surface area contributed by atoms with Gasteiger partial charge in [-0.25, -0.2) is 9.78 Å². The molecule has 1 aromatic rings. The number of carboxylic acid groups (broad SMARTS) is 1. The van der Waals surface area contributed by atoms with E-state index in [0.29, 0.717) is 23.1 Å². The first-order chi connectivity index (χ1) is 9.15. The molecule has 2 atom stereocenters. The van der Waals surface area contributed by atoms with E-state index in [1.54, 1.807) is 5.51 Å². The summed E-state index contributed by atoms with van der Waals surface area (Å²) in [5.41, 5.74) is 1.76. The Morgan fingerprint density at radius 2 is 2.16 bits per heavy atom. The Hall–Kier alpha value is -1.14. The average molecular weight is 281 g/mol. The summed E-state index contributed by atoms with van der Waals surface area (Å²) in [4.78, 5) is 17.5. The van der Waals surface area contributed by atoms with Gasteiger partial charge in [0.2, 0.25) is 0 Å². The van der Waals surface area contributed by atoms with Crippen molar-refractivity contribution in [3.63, 3.8) is 0 Å². The lowest BCUT2D eigenvalue weighted by Gasteiger charge is -2.47. The zero-order chi connectivity index (χ0) is 13.4. The number of aromatic carboxylic acids is 1. The number of thiazole rings is 1. The van der Waals surface area contributed by atoms with Crippen LogP contribution in [-0.4, -0.2) is 46.1 Å². The zero-order valence-corrected chi connectivity index (χ0v) is 11.8. The van der Waals surface area contributed by atoms with Crippen molar-refractivity contribution >= 4 is 22.3 Å². The minimum atomic E-state index is -0.947. The molecule has 2 fully saturated rings. The van der Waals surface area contributed by atoms with Crippen molar-refractivity contribution in [3.8, 4) is 0 Å². The Labute approximate surface area is 116 Å². The predicted octanol–water partition coefficient (Wildman–Crippen LogP) is 2.27. The number of hydrogen-bond donors (Lipinski definition) is 2. The van der Waals surface area contributed by atoms with E-state index in [1.165, 1.54) is 30.6 Å². The number of carbonyl (C=O) groups is 1. The highest BCUT2D eigenvalue weighted by molar-refractivity contribution is 7.14. The number of carboxylic acids is 1. The number of anilines is 1. The molecule has 6 heteroatoms. The van der Waals surface area contributed by atoms with Gasteiger partial charge in [0.25, 0.3) is 0 Å². The van der Waals surface area contributed by atoms with E-state index >= 15 is 0 Å². The Balaban J connectivity index is 1.71. The summed E-state index contributed by atoms with van der Waals surface area (Å²) >= 11 is 1.38. The molecule has 104 valence electrons. The van der Waals surface area contributed by atoms with Crippen molar-refractivity contribution in [2.75, 3.05) is 12.4 Å². The van der Waals surface area contributed by atoms with Crippen molar-refractivity contribution in [2.45, 2.75) is 50.2 Å². The fourth-order valence-electron chi connectivity index (χ4n) is 3.42. The summed E-state index contributed by atoms with van der Waals surface area (Å²) in [5.74, 6) is -0.947. The van der Waals surface area contributed by atoms with Crippen LogP contribution in [0, 0.1) is 0 Å².